The lowest BCUT2D eigenvalue weighted by Crippen LogP contribution is -2.59. The second kappa shape index (κ2) is 8.29. The van der Waals surface area contributed by atoms with E-state index in [-0.39, 0.29) is 17.9 Å². The second-order valence-electron chi connectivity index (χ2n) is 6.48. The molecule has 0 bridgehead atoms. The molecule has 0 saturated carbocycles. The Morgan fingerprint density at radius 1 is 1.17 bits per heavy atom. The molecule has 0 aliphatic carbocycles. The summed E-state index contributed by atoms with van der Waals surface area (Å²) in [4.78, 5) is 16.2. The lowest BCUT2D eigenvalue weighted by atomic mass is 10.1. The Balaban J connectivity index is 1.73. The molecule has 0 unspecified atom stereocenters. The number of benzene rings is 1. The number of aryl methyl sites for hydroxylation is 1. The average molecular weight is 321 g/mol. The Hall–Kier alpha value is -1.62. The van der Waals surface area contributed by atoms with Crippen molar-refractivity contribution >= 4 is 6.03 Å². The van der Waals surface area contributed by atoms with E-state index in [1.54, 1.807) is 7.05 Å². The molecule has 4 nitrogen and oxygen atoms in total. The third kappa shape index (κ3) is 4.93. The predicted octanol–water partition coefficient (Wildman–Crippen LogP) is 2.88. The molecular formula is C18H28FN3O. The first-order valence-corrected chi connectivity index (χ1v) is 8.48. The number of carbonyl (C=O) groups excluding carboxylic acids is 1. The van der Waals surface area contributed by atoms with Gasteiger partial charge < -0.3 is 10.2 Å². The first kappa shape index (κ1) is 17.7. The Morgan fingerprint density at radius 3 is 2.52 bits per heavy atom. The lowest BCUT2D eigenvalue weighted by Gasteiger charge is -2.44. The molecule has 1 aliphatic heterocycles. The number of hydrogen-bond acceptors (Lipinski definition) is 2. The fourth-order valence-electron chi connectivity index (χ4n) is 3.23. The molecule has 2 atom stereocenters. The summed E-state index contributed by atoms with van der Waals surface area (Å²) in [5, 5.41) is 2.72. The van der Waals surface area contributed by atoms with E-state index in [4.69, 9.17) is 0 Å². The molecule has 1 aliphatic rings. The monoisotopic (exact) mass is 321 g/mol. The van der Waals surface area contributed by atoms with Crippen molar-refractivity contribution in [3.8, 4) is 0 Å². The third-order valence-corrected chi connectivity index (χ3v) is 4.66. The van der Waals surface area contributed by atoms with E-state index in [1.165, 1.54) is 17.7 Å². The predicted molar refractivity (Wildman–Crippen MR) is 91.0 cm³/mol. The fourth-order valence-corrected chi connectivity index (χ4v) is 3.23. The molecule has 0 radical (unpaired) electrons. The highest BCUT2D eigenvalue weighted by molar-refractivity contribution is 5.74. The van der Waals surface area contributed by atoms with E-state index >= 15 is 0 Å². The fraction of sp³-hybridized carbons (Fsp3) is 0.611. The van der Waals surface area contributed by atoms with Crippen molar-refractivity contribution in [3.05, 3.63) is 35.6 Å². The largest absolute Gasteiger partial charge is 0.341 e. The Kier molecular flexibility index (Phi) is 6.39. The molecule has 1 N–H and O–H groups in total. The van der Waals surface area contributed by atoms with Gasteiger partial charge >= 0.3 is 6.03 Å². The SMILES string of the molecule is CNC(=O)N1C[C@@H](C)N(CCCCc2ccc(F)cc2)C[C@@H]1C. The van der Waals surface area contributed by atoms with E-state index in [0.717, 1.165) is 38.9 Å². The molecule has 1 aromatic rings. The van der Waals surface area contributed by atoms with Gasteiger partial charge in [0.15, 0.2) is 0 Å². The van der Waals surface area contributed by atoms with Gasteiger partial charge in [0.2, 0.25) is 0 Å². The van der Waals surface area contributed by atoms with Crippen LogP contribution < -0.4 is 5.32 Å². The van der Waals surface area contributed by atoms with Gasteiger partial charge in [-0.05, 0) is 57.4 Å². The van der Waals surface area contributed by atoms with Crippen LogP contribution in [0.1, 0.15) is 32.3 Å². The van der Waals surface area contributed by atoms with E-state index in [9.17, 15) is 9.18 Å². The molecule has 2 amide bonds. The molecule has 1 aromatic carbocycles. The maximum Gasteiger partial charge on any atom is 0.317 e. The summed E-state index contributed by atoms with van der Waals surface area (Å²) >= 11 is 0. The van der Waals surface area contributed by atoms with Crippen LogP contribution in [0.25, 0.3) is 0 Å². The number of piperazine rings is 1. The standard InChI is InChI=1S/C18H28FN3O/c1-14-13-22(18(23)20-3)15(2)12-21(14)11-5-4-6-16-7-9-17(19)10-8-16/h7-10,14-15H,4-6,11-13H2,1-3H3,(H,20,23)/t14-,15+/m1/s1. The van der Waals surface area contributed by atoms with Gasteiger partial charge in [0.1, 0.15) is 5.82 Å². The van der Waals surface area contributed by atoms with E-state index in [0.29, 0.717) is 6.04 Å². The number of nitrogens with one attached hydrogen (secondary N) is 1. The Labute approximate surface area is 138 Å². The average Bonchev–Trinajstić information content (AvgIpc) is 2.55. The molecule has 0 aromatic heterocycles. The minimum Gasteiger partial charge on any atom is -0.341 e. The zero-order valence-electron chi connectivity index (χ0n) is 14.4. The summed E-state index contributed by atoms with van der Waals surface area (Å²) in [7, 11) is 1.68. The van der Waals surface area contributed by atoms with Crippen molar-refractivity contribution < 1.29 is 9.18 Å². The molecule has 1 heterocycles. The quantitative estimate of drug-likeness (QED) is 0.847. The van der Waals surface area contributed by atoms with Crippen molar-refractivity contribution in [1.29, 1.82) is 0 Å². The number of nitrogens with zero attached hydrogens (tertiary/aromatic N) is 2. The number of halogens is 1. The van der Waals surface area contributed by atoms with Gasteiger partial charge in [-0.15, -0.1) is 0 Å². The number of amides is 2. The maximum atomic E-state index is 12.9. The highest BCUT2D eigenvalue weighted by Gasteiger charge is 2.30. The molecule has 23 heavy (non-hydrogen) atoms. The summed E-state index contributed by atoms with van der Waals surface area (Å²) in [6, 6.07) is 7.41. The van der Waals surface area contributed by atoms with Crippen molar-refractivity contribution in [2.24, 2.45) is 0 Å². The molecular weight excluding hydrogens is 293 g/mol. The normalized spacial score (nSPS) is 22.2. The zero-order chi connectivity index (χ0) is 16.8. The smallest absolute Gasteiger partial charge is 0.317 e. The highest BCUT2D eigenvalue weighted by Crippen LogP contribution is 2.16. The van der Waals surface area contributed by atoms with Gasteiger partial charge in [-0.3, -0.25) is 4.90 Å². The number of unbranched alkanes of at least 4 members (excludes halogenated alkanes) is 1. The van der Waals surface area contributed by atoms with Crippen LogP contribution >= 0.6 is 0 Å². The van der Waals surface area contributed by atoms with Gasteiger partial charge in [0.05, 0.1) is 0 Å². The molecule has 2 rings (SSSR count). The summed E-state index contributed by atoms with van der Waals surface area (Å²) in [6.07, 6.45) is 3.21. The van der Waals surface area contributed by atoms with Crippen LogP contribution in [0.15, 0.2) is 24.3 Å². The van der Waals surface area contributed by atoms with Crippen LogP contribution in [0.5, 0.6) is 0 Å². The molecule has 1 fully saturated rings. The van der Waals surface area contributed by atoms with Crippen LogP contribution in [-0.2, 0) is 6.42 Å². The van der Waals surface area contributed by atoms with Crippen molar-refractivity contribution in [2.75, 3.05) is 26.7 Å². The number of hydrogen-bond donors (Lipinski definition) is 1. The van der Waals surface area contributed by atoms with Crippen LogP contribution in [-0.4, -0.2) is 54.6 Å². The lowest BCUT2D eigenvalue weighted by molar-refractivity contribution is 0.0629. The first-order valence-electron chi connectivity index (χ1n) is 8.48. The van der Waals surface area contributed by atoms with Crippen LogP contribution in [0.4, 0.5) is 9.18 Å². The maximum absolute atomic E-state index is 12.9. The van der Waals surface area contributed by atoms with E-state index in [1.807, 2.05) is 17.0 Å². The van der Waals surface area contributed by atoms with E-state index < -0.39 is 0 Å². The van der Waals surface area contributed by atoms with Gasteiger partial charge in [-0.25, -0.2) is 9.18 Å². The Morgan fingerprint density at radius 2 is 1.87 bits per heavy atom. The summed E-state index contributed by atoms with van der Waals surface area (Å²) in [5.41, 5.74) is 1.19. The molecule has 128 valence electrons. The van der Waals surface area contributed by atoms with Crippen LogP contribution in [0, 0.1) is 5.82 Å². The van der Waals surface area contributed by atoms with Crippen LogP contribution in [0.2, 0.25) is 0 Å². The van der Waals surface area contributed by atoms with Crippen molar-refractivity contribution in [3.63, 3.8) is 0 Å². The summed E-state index contributed by atoms with van der Waals surface area (Å²) in [5.74, 6) is -0.175. The number of carbonyl (C=O) groups is 1. The topological polar surface area (TPSA) is 35.6 Å². The van der Waals surface area contributed by atoms with E-state index in [2.05, 4.69) is 24.1 Å². The minimum absolute atomic E-state index is 0.0142. The van der Waals surface area contributed by atoms with Gasteiger partial charge in [0, 0.05) is 32.2 Å². The zero-order valence-corrected chi connectivity index (χ0v) is 14.4. The number of rotatable bonds is 5. The third-order valence-electron chi connectivity index (χ3n) is 4.66. The minimum atomic E-state index is -0.175. The highest BCUT2D eigenvalue weighted by atomic mass is 19.1. The van der Waals surface area contributed by atoms with Gasteiger partial charge in [-0.1, -0.05) is 12.1 Å². The first-order chi connectivity index (χ1) is 11.0. The Bertz CT molecular complexity index is 505. The number of urea groups is 1. The van der Waals surface area contributed by atoms with Gasteiger partial charge in [0.25, 0.3) is 0 Å². The molecule has 0 spiro atoms. The summed E-state index contributed by atoms with van der Waals surface area (Å²) < 4.78 is 12.9. The van der Waals surface area contributed by atoms with Crippen molar-refractivity contribution in [2.45, 2.75) is 45.2 Å². The molecule has 1 saturated heterocycles. The molecule has 5 heteroatoms. The van der Waals surface area contributed by atoms with Crippen LogP contribution in [0.3, 0.4) is 0 Å². The van der Waals surface area contributed by atoms with Crippen molar-refractivity contribution in [1.82, 2.24) is 15.1 Å². The second-order valence-corrected chi connectivity index (χ2v) is 6.48. The summed E-state index contributed by atoms with van der Waals surface area (Å²) in [6.45, 7) is 7.03. The van der Waals surface area contributed by atoms with Gasteiger partial charge in [-0.2, -0.15) is 0 Å².